The van der Waals surface area contributed by atoms with Gasteiger partial charge in [-0.15, -0.1) is 0 Å². The lowest BCUT2D eigenvalue weighted by molar-refractivity contribution is -0.141. The van der Waals surface area contributed by atoms with Crippen LogP contribution in [0.4, 0.5) is 0 Å². The Morgan fingerprint density at radius 1 is 1.13 bits per heavy atom. The normalized spacial score (nSPS) is 20.6. The fourth-order valence-corrected chi connectivity index (χ4v) is 5.49. The summed E-state index contributed by atoms with van der Waals surface area (Å²) < 4.78 is 17.5. The summed E-state index contributed by atoms with van der Waals surface area (Å²) in [5, 5.41) is 19.0. The summed E-state index contributed by atoms with van der Waals surface area (Å²) in [4.78, 5) is 58.5. The van der Waals surface area contributed by atoms with Crippen LogP contribution in [0.15, 0.2) is 40.8 Å². The first-order chi connectivity index (χ1) is 21.9. The molecule has 1 saturated heterocycles. The van der Waals surface area contributed by atoms with Crippen molar-refractivity contribution in [3.8, 4) is 34.5 Å². The van der Waals surface area contributed by atoms with E-state index in [4.69, 9.17) is 13.9 Å². The number of fused-ring (bicyclic) bond motifs is 9. The number of carbonyl (C=O) groups is 4. The van der Waals surface area contributed by atoms with Crippen LogP contribution in [-0.4, -0.2) is 70.4 Å². The first kappa shape index (κ1) is 32.3. The van der Waals surface area contributed by atoms with E-state index in [-0.39, 0.29) is 55.2 Å². The number of aromatic nitrogens is 1. The van der Waals surface area contributed by atoms with Gasteiger partial charge in [-0.2, -0.15) is 0 Å². The zero-order valence-corrected chi connectivity index (χ0v) is 26.5. The number of rotatable bonds is 3. The molecular formula is C33H39N5O8. The Hall–Kier alpha value is -5.07. The molecule has 6 bridgehead atoms. The molecule has 13 heteroatoms. The smallest absolute Gasteiger partial charge is 0.245 e. The third-order valence-corrected chi connectivity index (χ3v) is 8.12. The average Bonchev–Trinajstić information content (AvgIpc) is 3.62. The van der Waals surface area contributed by atoms with Crippen molar-refractivity contribution < 1.29 is 38.2 Å². The largest absolute Gasteiger partial charge is 0.504 e. The minimum atomic E-state index is -0.922. The van der Waals surface area contributed by atoms with Gasteiger partial charge in [-0.3, -0.25) is 19.2 Å². The van der Waals surface area contributed by atoms with Crippen LogP contribution in [0.2, 0.25) is 0 Å². The topological polar surface area (TPSA) is 172 Å². The Morgan fingerprint density at radius 2 is 1.91 bits per heavy atom. The molecule has 0 saturated carbocycles. The van der Waals surface area contributed by atoms with Crippen LogP contribution < -0.4 is 25.4 Å². The van der Waals surface area contributed by atoms with E-state index in [1.165, 1.54) is 18.1 Å². The number of nitrogens with zero attached hydrogens (tertiary/aromatic N) is 2. The van der Waals surface area contributed by atoms with Gasteiger partial charge < -0.3 is 39.8 Å². The number of methoxy groups -OCH3 is 1. The summed E-state index contributed by atoms with van der Waals surface area (Å²) in [5.74, 6) is -0.0646. The molecule has 0 spiro atoms. The van der Waals surface area contributed by atoms with Gasteiger partial charge >= 0.3 is 0 Å². The fourth-order valence-electron chi connectivity index (χ4n) is 5.49. The molecule has 4 amide bonds. The van der Waals surface area contributed by atoms with Crippen LogP contribution >= 0.6 is 0 Å². The predicted octanol–water partition coefficient (Wildman–Crippen LogP) is 2.97. The zero-order valence-electron chi connectivity index (χ0n) is 26.5. The lowest BCUT2D eigenvalue weighted by atomic mass is 10.1. The van der Waals surface area contributed by atoms with Gasteiger partial charge in [-0.25, -0.2) is 4.98 Å². The van der Waals surface area contributed by atoms with Crippen LogP contribution in [0.5, 0.6) is 23.0 Å². The van der Waals surface area contributed by atoms with Gasteiger partial charge in [0.1, 0.15) is 23.5 Å². The highest BCUT2D eigenvalue weighted by Crippen LogP contribution is 2.39. The Labute approximate surface area is 266 Å². The molecule has 3 aliphatic rings. The minimum Gasteiger partial charge on any atom is -0.504 e. The lowest BCUT2D eigenvalue weighted by Gasteiger charge is -2.27. The van der Waals surface area contributed by atoms with Gasteiger partial charge in [-0.1, -0.05) is 19.9 Å². The molecule has 3 aliphatic heterocycles. The molecule has 0 unspecified atom stereocenters. The number of aromatic hydroxyl groups is 1. The second-order valence-electron chi connectivity index (χ2n) is 11.9. The van der Waals surface area contributed by atoms with Crippen molar-refractivity contribution in [2.24, 2.45) is 5.92 Å². The third-order valence-electron chi connectivity index (χ3n) is 8.12. The molecule has 1 fully saturated rings. The van der Waals surface area contributed by atoms with Crippen molar-refractivity contribution in [1.82, 2.24) is 25.8 Å². The molecule has 244 valence electrons. The summed E-state index contributed by atoms with van der Waals surface area (Å²) in [5.41, 5.74) is 1.82. The molecular weight excluding hydrogens is 594 g/mol. The number of ether oxygens (including phenoxy) is 2. The second-order valence-corrected chi connectivity index (χ2v) is 11.9. The molecule has 3 atom stereocenters. The zero-order chi connectivity index (χ0) is 33.1. The lowest BCUT2D eigenvalue weighted by Crippen LogP contribution is -2.52. The summed E-state index contributed by atoms with van der Waals surface area (Å²) in [7, 11) is 1.49. The first-order valence-electron chi connectivity index (χ1n) is 15.3. The second kappa shape index (κ2) is 13.5. The monoisotopic (exact) mass is 633 g/mol. The Kier molecular flexibility index (Phi) is 9.49. The number of aryl methyl sites for hydroxylation is 2. The average molecular weight is 634 g/mol. The molecule has 0 aliphatic carbocycles. The van der Waals surface area contributed by atoms with E-state index in [0.29, 0.717) is 40.8 Å². The summed E-state index contributed by atoms with van der Waals surface area (Å²) >= 11 is 0. The number of hydrogen-bond donors (Lipinski definition) is 4. The highest BCUT2D eigenvalue weighted by Gasteiger charge is 2.42. The summed E-state index contributed by atoms with van der Waals surface area (Å²) in [6.07, 6.45) is 0.591. The number of benzene rings is 2. The van der Waals surface area contributed by atoms with Crippen LogP contribution in [0.1, 0.15) is 50.6 Å². The molecule has 2 aromatic carbocycles. The van der Waals surface area contributed by atoms with Crippen LogP contribution in [0.25, 0.3) is 11.5 Å². The molecule has 3 aromatic rings. The van der Waals surface area contributed by atoms with E-state index in [0.717, 1.165) is 5.56 Å². The maximum atomic E-state index is 13.6. The van der Waals surface area contributed by atoms with E-state index in [1.807, 2.05) is 0 Å². The number of hydrogen-bond acceptors (Lipinski definition) is 9. The summed E-state index contributed by atoms with van der Waals surface area (Å²) in [6.45, 7) is 7.00. The van der Waals surface area contributed by atoms with E-state index < -0.39 is 29.9 Å². The van der Waals surface area contributed by atoms with Crippen molar-refractivity contribution in [3.63, 3.8) is 0 Å². The maximum absolute atomic E-state index is 13.6. The van der Waals surface area contributed by atoms with Gasteiger partial charge in [0, 0.05) is 30.5 Å². The van der Waals surface area contributed by atoms with E-state index in [2.05, 4.69) is 20.9 Å². The number of phenols is 1. The van der Waals surface area contributed by atoms with Gasteiger partial charge in [-0.05, 0) is 62.6 Å². The van der Waals surface area contributed by atoms with E-state index in [1.54, 1.807) is 58.0 Å². The molecule has 6 rings (SSSR count). The SMILES string of the molecule is COc1cc2ccc1Oc1cc(ccc1O)CCC(=O)N[C@H](C)C(=O)N1C[C@@H](NC(=O)C(C)C)C[C@H]1C(=O)NCc1nc-2oc1C. The van der Waals surface area contributed by atoms with Crippen LogP contribution in [0.3, 0.4) is 0 Å². The van der Waals surface area contributed by atoms with Crippen molar-refractivity contribution in [1.29, 1.82) is 0 Å². The van der Waals surface area contributed by atoms with Crippen molar-refractivity contribution in [2.75, 3.05) is 13.7 Å². The Balaban J connectivity index is 1.47. The van der Waals surface area contributed by atoms with Gasteiger partial charge in [0.2, 0.25) is 29.5 Å². The standard InChI is InChI=1S/C33H39N5O8/c1-17(2)30(41)36-22-14-24-31(42)34-15-23-19(4)45-32(37-23)21-8-10-26(28(13-21)44-5)46-27-12-20(6-9-25(27)39)7-11-29(40)35-18(3)33(43)38(24)16-22/h6,8-10,12-13,17-18,22,24,39H,7,11,14-16H2,1-5H3,(H,34,42)(H,35,40)(H,36,41)/t18-,22+,24+/m1/s1. The number of amides is 4. The number of oxazole rings is 1. The van der Waals surface area contributed by atoms with Gasteiger partial charge in [0.05, 0.1) is 13.7 Å². The fraction of sp³-hybridized carbons (Fsp3) is 0.424. The number of phenolic OH excluding ortho intramolecular Hbond substituents is 1. The third kappa shape index (κ3) is 7.08. The van der Waals surface area contributed by atoms with Crippen LogP contribution in [-0.2, 0) is 32.1 Å². The Morgan fingerprint density at radius 3 is 2.65 bits per heavy atom. The van der Waals surface area contributed by atoms with Crippen molar-refractivity contribution in [3.05, 3.63) is 53.4 Å². The summed E-state index contributed by atoms with van der Waals surface area (Å²) in [6, 6.07) is 7.67. The number of carbonyl (C=O) groups excluding carboxylic acids is 4. The predicted molar refractivity (Wildman–Crippen MR) is 166 cm³/mol. The van der Waals surface area contributed by atoms with Crippen molar-refractivity contribution in [2.45, 2.75) is 71.6 Å². The van der Waals surface area contributed by atoms with E-state index >= 15 is 0 Å². The van der Waals surface area contributed by atoms with E-state index in [9.17, 15) is 24.3 Å². The molecule has 4 N–H and O–H groups in total. The molecule has 13 nitrogen and oxygen atoms in total. The maximum Gasteiger partial charge on any atom is 0.245 e. The highest BCUT2D eigenvalue weighted by molar-refractivity contribution is 5.92. The van der Waals surface area contributed by atoms with Crippen LogP contribution in [0, 0.1) is 12.8 Å². The van der Waals surface area contributed by atoms with Crippen molar-refractivity contribution >= 4 is 23.6 Å². The molecule has 1 aromatic heterocycles. The van der Waals surface area contributed by atoms with Gasteiger partial charge in [0.15, 0.2) is 23.0 Å². The first-order valence-corrected chi connectivity index (χ1v) is 15.3. The molecule has 0 radical (unpaired) electrons. The Bertz CT molecular complexity index is 1650. The molecule has 46 heavy (non-hydrogen) atoms. The minimum absolute atomic E-state index is 0.0377. The highest BCUT2D eigenvalue weighted by atomic mass is 16.5. The quantitative estimate of drug-likeness (QED) is 0.338. The number of nitrogens with one attached hydrogen (secondary N) is 3. The van der Waals surface area contributed by atoms with Gasteiger partial charge in [0.25, 0.3) is 0 Å². The molecule has 4 heterocycles.